The number of carbonyl (C=O) groups is 5. The molecule has 0 radical (unpaired) electrons. The molecule has 4 aliphatic rings. The molecule has 1 saturated carbocycles. The van der Waals surface area contributed by atoms with E-state index in [0.29, 0.717) is 41.6 Å². The van der Waals surface area contributed by atoms with E-state index in [1.165, 1.54) is 36.1 Å². The van der Waals surface area contributed by atoms with Gasteiger partial charge in [-0.05, 0) is 128 Å². The molecule has 4 fully saturated rings. The van der Waals surface area contributed by atoms with E-state index >= 15 is 0 Å². The number of carbonyl (C=O) groups excluding carboxylic acids is 5. The maximum absolute atomic E-state index is 14.0. The van der Waals surface area contributed by atoms with Gasteiger partial charge in [0.15, 0.2) is 0 Å². The summed E-state index contributed by atoms with van der Waals surface area (Å²) >= 11 is 1.60. The Kier molecular flexibility index (Phi) is 16.6. The minimum Gasteiger partial charge on any atom is -0.495 e. The van der Waals surface area contributed by atoms with Crippen LogP contribution in [0.4, 0.5) is 27.1 Å². The van der Waals surface area contributed by atoms with E-state index in [4.69, 9.17) is 14.5 Å². The molecule has 20 heteroatoms. The van der Waals surface area contributed by atoms with Gasteiger partial charge in [-0.15, -0.1) is 11.3 Å². The van der Waals surface area contributed by atoms with Gasteiger partial charge in [0.1, 0.15) is 40.6 Å². The Labute approximate surface area is 475 Å². The summed E-state index contributed by atoms with van der Waals surface area (Å²) in [6.45, 7) is 15.3. The number of aromatic nitrogens is 2. The van der Waals surface area contributed by atoms with Crippen molar-refractivity contribution in [2.75, 3.05) is 79.9 Å². The second kappa shape index (κ2) is 23.8. The van der Waals surface area contributed by atoms with Crippen molar-refractivity contribution in [3.63, 3.8) is 0 Å². The summed E-state index contributed by atoms with van der Waals surface area (Å²) in [6.07, 6.45) is 3.84. The first kappa shape index (κ1) is 56.6. The molecule has 10 rings (SSSR count). The van der Waals surface area contributed by atoms with E-state index in [-0.39, 0.29) is 37.2 Å². The molecule has 0 bridgehead atoms. The summed E-state index contributed by atoms with van der Waals surface area (Å²) in [5, 5.41) is 23.0. The number of β-amino-alcohol motifs (C(OH)–C–C–N with tert-alkyl or cyclic N) is 1. The summed E-state index contributed by atoms with van der Waals surface area (Å²) in [5.74, 6) is 0.0670. The van der Waals surface area contributed by atoms with Crippen LogP contribution in [0.3, 0.4) is 0 Å². The van der Waals surface area contributed by atoms with Crippen LogP contribution in [0.5, 0.6) is 17.2 Å². The Balaban J connectivity index is 0.737. The van der Waals surface area contributed by atoms with E-state index in [1.54, 1.807) is 48.9 Å². The minimum absolute atomic E-state index is 0.0120. The van der Waals surface area contributed by atoms with Crippen molar-refractivity contribution in [3.05, 3.63) is 114 Å². The number of likely N-dealkylation sites (tertiary alicyclic amines) is 1. The number of fused-ring (bicyclic) bond motifs is 1. The second-order valence-corrected chi connectivity index (χ2v) is 23.8. The van der Waals surface area contributed by atoms with Gasteiger partial charge in [-0.25, -0.2) is 9.37 Å². The molecule has 1 aliphatic carbocycles. The molecule has 5 heterocycles. The number of nitrogens with one attached hydrogen (secondary N) is 4. The molecule has 3 aliphatic heterocycles. The molecular weight excluding hydrogens is 1050 g/mol. The minimum atomic E-state index is -1.18. The third-order valence-corrected chi connectivity index (χ3v) is 17.1. The number of ether oxygens (including phenoxy) is 2. The van der Waals surface area contributed by atoms with Crippen molar-refractivity contribution in [2.24, 2.45) is 16.7 Å². The number of benzene rings is 4. The number of pyridine rings is 1. The standard InChI is InChI=1S/C61H71FN10O8S/c1-37-54(81-36-65-37)40-7-8-41(33-64-56(75)51-30-45(74)35-72(51)57(76)55(60(3,4)5)66-38(2)73)49(29-40)71-27-25-69(26-28-71)34-39-18-23-70(24-19-39)50-32-48-47(31-53(50)79-6)52(17-22-63-48)80-46-15-13-44(14-16-46)68-59(78)61(20-21-61)58(77)67-43-11-9-42(62)10-12-43/h7-17,22,29,31-32,36,39,45,51,55,74H,18-21,23-28,30,33-35H2,1-6H3,(H,64,75)(H,66,73)(H,67,77)(H,68,78)/t45-,51+,55-/m1/s1. The third-order valence-electron chi connectivity index (χ3n) is 16.1. The smallest absolute Gasteiger partial charge is 0.246 e. The van der Waals surface area contributed by atoms with Crippen LogP contribution in [0.1, 0.15) is 71.1 Å². The fraction of sp³-hybridized carbons (Fsp3) is 0.426. The number of thiazole rings is 1. The van der Waals surface area contributed by atoms with Gasteiger partial charge in [0.2, 0.25) is 29.5 Å². The SMILES string of the molecule is COc1cc2c(Oc3ccc(NC(=O)C4(C(=O)Nc5ccc(F)cc5)CC4)cc3)ccnc2cc1N1CCC(CN2CCN(c3cc(-c4scnc4C)ccc3CNC(=O)[C@@H]3C[C@@H](O)CN3C(=O)[C@@H](NC(C)=O)C(C)(C)C)CC2)CC1. The predicted molar refractivity (Wildman–Crippen MR) is 311 cm³/mol. The van der Waals surface area contributed by atoms with E-state index in [0.717, 1.165) is 108 Å². The Morgan fingerprint density at radius 1 is 0.827 bits per heavy atom. The van der Waals surface area contributed by atoms with Crippen LogP contribution in [0.2, 0.25) is 0 Å². The Bertz CT molecular complexity index is 3300. The highest BCUT2D eigenvalue weighted by Crippen LogP contribution is 2.48. The normalized spacial score (nSPS) is 18.7. The molecule has 5 amide bonds. The van der Waals surface area contributed by atoms with Crippen molar-refractivity contribution in [3.8, 4) is 27.7 Å². The molecule has 3 saturated heterocycles. The first-order chi connectivity index (χ1) is 38.8. The molecule has 3 atom stereocenters. The number of aliphatic hydroxyl groups excluding tert-OH is 1. The van der Waals surface area contributed by atoms with Crippen LogP contribution in [0, 0.1) is 29.5 Å². The maximum Gasteiger partial charge on any atom is 0.246 e. The molecule has 0 spiro atoms. The summed E-state index contributed by atoms with van der Waals surface area (Å²) in [5.41, 5.74) is 6.76. The fourth-order valence-corrected chi connectivity index (χ4v) is 12.1. The van der Waals surface area contributed by atoms with Gasteiger partial charge in [-0.1, -0.05) is 32.9 Å². The number of aliphatic hydroxyl groups is 1. The molecule has 2 aromatic heterocycles. The zero-order chi connectivity index (χ0) is 57.2. The number of methoxy groups -OCH3 is 1. The van der Waals surface area contributed by atoms with Gasteiger partial charge in [0.05, 0.1) is 40.5 Å². The first-order valence-corrected chi connectivity index (χ1v) is 28.7. The monoisotopic (exact) mass is 1120 g/mol. The number of aryl methyl sites for hydroxylation is 1. The zero-order valence-corrected chi connectivity index (χ0v) is 47.5. The van der Waals surface area contributed by atoms with Gasteiger partial charge >= 0.3 is 0 Å². The largest absolute Gasteiger partial charge is 0.495 e. The highest BCUT2D eigenvalue weighted by atomic mass is 32.1. The van der Waals surface area contributed by atoms with Crippen molar-refractivity contribution in [1.29, 1.82) is 0 Å². The van der Waals surface area contributed by atoms with Crippen molar-refractivity contribution in [1.82, 2.24) is 30.4 Å². The molecule has 0 unspecified atom stereocenters. The summed E-state index contributed by atoms with van der Waals surface area (Å²) < 4.78 is 25.8. The lowest BCUT2D eigenvalue weighted by Gasteiger charge is -2.40. The van der Waals surface area contributed by atoms with Crippen molar-refractivity contribution in [2.45, 2.75) is 91.5 Å². The number of hydrogen-bond acceptors (Lipinski definition) is 14. The number of piperidine rings is 1. The highest BCUT2D eigenvalue weighted by molar-refractivity contribution is 7.13. The van der Waals surface area contributed by atoms with Crippen molar-refractivity contribution >= 4 is 74.5 Å². The quantitative estimate of drug-likeness (QED) is 0.0547. The number of nitrogens with zero attached hydrogens (tertiary/aromatic N) is 6. The lowest BCUT2D eigenvalue weighted by Crippen LogP contribution is -2.57. The van der Waals surface area contributed by atoms with Gasteiger partial charge < -0.3 is 50.5 Å². The molecule has 5 N–H and O–H groups in total. The lowest BCUT2D eigenvalue weighted by atomic mass is 9.85. The summed E-state index contributed by atoms with van der Waals surface area (Å²) in [7, 11) is 1.68. The predicted octanol–water partition coefficient (Wildman–Crippen LogP) is 8.13. The van der Waals surface area contributed by atoms with Gasteiger partial charge in [0, 0.05) is 101 Å². The van der Waals surface area contributed by atoms with E-state index in [1.807, 2.05) is 45.3 Å². The zero-order valence-electron chi connectivity index (χ0n) is 46.7. The second-order valence-electron chi connectivity index (χ2n) is 22.9. The molecule has 18 nitrogen and oxygen atoms in total. The van der Waals surface area contributed by atoms with E-state index < -0.39 is 46.6 Å². The third kappa shape index (κ3) is 12.8. The number of amides is 5. The summed E-state index contributed by atoms with van der Waals surface area (Å²) in [6, 6.07) is 22.9. The number of hydrogen-bond donors (Lipinski definition) is 5. The Morgan fingerprint density at radius 3 is 2.11 bits per heavy atom. The molecular formula is C61H71FN10O8S. The summed E-state index contributed by atoms with van der Waals surface area (Å²) in [4.78, 5) is 85.5. The Morgan fingerprint density at radius 2 is 1.49 bits per heavy atom. The number of halogens is 1. The van der Waals surface area contributed by atoms with Crippen molar-refractivity contribution < 1.29 is 42.9 Å². The number of rotatable bonds is 17. The highest BCUT2D eigenvalue weighted by Gasteiger charge is 2.56. The molecule has 4 aromatic carbocycles. The van der Waals surface area contributed by atoms with Crippen LogP contribution in [0.15, 0.2) is 96.6 Å². The van der Waals surface area contributed by atoms with Crippen LogP contribution < -0.4 is 40.5 Å². The first-order valence-electron chi connectivity index (χ1n) is 27.8. The van der Waals surface area contributed by atoms with Crippen LogP contribution in [0.25, 0.3) is 21.3 Å². The molecule has 6 aromatic rings. The van der Waals surface area contributed by atoms with Crippen LogP contribution in [-0.4, -0.2) is 132 Å². The molecule has 81 heavy (non-hydrogen) atoms. The van der Waals surface area contributed by atoms with Crippen LogP contribution in [-0.2, 0) is 30.5 Å². The number of piperazine rings is 1. The van der Waals surface area contributed by atoms with Crippen LogP contribution >= 0.6 is 11.3 Å². The average Bonchev–Trinajstić information content (AvgIpc) is 4.22. The molecule has 426 valence electrons. The topological polar surface area (TPSA) is 211 Å². The van der Waals surface area contributed by atoms with Gasteiger partial charge in [-0.3, -0.25) is 33.9 Å². The average molecular weight is 1120 g/mol. The van der Waals surface area contributed by atoms with E-state index in [9.17, 15) is 33.5 Å². The lowest BCUT2D eigenvalue weighted by molar-refractivity contribution is -0.143. The van der Waals surface area contributed by atoms with Gasteiger partial charge in [-0.2, -0.15) is 0 Å². The van der Waals surface area contributed by atoms with E-state index in [2.05, 4.69) is 65.2 Å². The van der Waals surface area contributed by atoms with Gasteiger partial charge in [0.25, 0.3) is 0 Å². The fourth-order valence-electron chi connectivity index (χ4n) is 11.3. The number of anilines is 4. The Hall–Kier alpha value is -7.68. The maximum atomic E-state index is 14.0.